The molecule has 2 heterocycles. The van der Waals surface area contributed by atoms with Crippen LogP contribution in [-0.4, -0.2) is 84.9 Å². The SMILES string of the molecule is CC(CN1C(=O)C=CC1=O)C(=O)OCCOCCOC(=O)C(C)CN1C(=O)C=CC1=O. The topological polar surface area (TPSA) is 137 Å². The quantitative estimate of drug-likeness (QED) is 0.219. The summed E-state index contributed by atoms with van der Waals surface area (Å²) in [6.45, 7) is 3.00. The number of imide groups is 2. The number of nitrogens with zero attached hydrogens (tertiary/aromatic N) is 2. The van der Waals surface area contributed by atoms with Crippen molar-refractivity contribution in [1.82, 2.24) is 9.80 Å². The van der Waals surface area contributed by atoms with Crippen LogP contribution in [0.1, 0.15) is 13.8 Å². The van der Waals surface area contributed by atoms with Gasteiger partial charge in [0.25, 0.3) is 23.6 Å². The molecule has 2 rings (SSSR count). The summed E-state index contributed by atoms with van der Waals surface area (Å²) < 4.78 is 15.3. The molecule has 0 aliphatic carbocycles. The van der Waals surface area contributed by atoms with E-state index in [1.165, 1.54) is 0 Å². The summed E-state index contributed by atoms with van der Waals surface area (Å²) in [5.74, 6) is -4.37. The van der Waals surface area contributed by atoms with Crippen LogP contribution in [0.2, 0.25) is 0 Å². The molecule has 31 heavy (non-hydrogen) atoms. The standard InChI is InChI=1S/C20H24N2O9/c1-13(11-21-15(23)3-4-16(21)24)19(27)30-9-7-29-8-10-31-20(28)14(2)12-22-17(25)5-6-18(22)26/h3-6,13-14H,7-12H2,1-2H3. The van der Waals surface area contributed by atoms with E-state index in [1.807, 2.05) is 0 Å². The largest absolute Gasteiger partial charge is 0.463 e. The van der Waals surface area contributed by atoms with Crippen LogP contribution in [0.5, 0.6) is 0 Å². The number of carbonyl (C=O) groups is 6. The van der Waals surface area contributed by atoms with Crippen molar-refractivity contribution < 1.29 is 43.0 Å². The molecule has 4 amide bonds. The highest BCUT2D eigenvalue weighted by atomic mass is 16.6. The molecule has 11 nitrogen and oxygen atoms in total. The van der Waals surface area contributed by atoms with Crippen molar-refractivity contribution in [3.63, 3.8) is 0 Å². The lowest BCUT2D eigenvalue weighted by Crippen LogP contribution is -2.37. The molecule has 2 unspecified atom stereocenters. The van der Waals surface area contributed by atoms with Gasteiger partial charge in [-0.1, -0.05) is 13.8 Å². The van der Waals surface area contributed by atoms with E-state index in [1.54, 1.807) is 13.8 Å². The third-order valence-corrected chi connectivity index (χ3v) is 4.46. The van der Waals surface area contributed by atoms with Crippen LogP contribution in [-0.2, 0) is 43.0 Å². The average molecular weight is 436 g/mol. The summed E-state index contributed by atoms with van der Waals surface area (Å²) in [6, 6.07) is 0. The van der Waals surface area contributed by atoms with Crippen LogP contribution < -0.4 is 0 Å². The van der Waals surface area contributed by atoms with Gasteiger partial charge in [0.1, 0.15) is 13.2 Å². The van der Waals surface area contributed by atoms with Crippen molar-refractivity contribution in [1.29, 1.82) is 0 Å². The molecular formula is C20H24N2O9. The normalized spacial score (nSPS) is 17.5. The van der Waals surface area contributed by atoms with E-state index in [9.17, 15) is 28.8 Å². The Balaban J connectivity index is 1.53. The van der Waals surface area contributed by atoms with Crippen LogP contribution >= 0.6 is 0 Å². The zero-order chi connectivity index (χ0) is 23.0. The van der Waals surface area contributed by atoms with Gasteiger partial charge in [-0.2, -0.15) is 0 Å². The minimum atomic E-state index is -0.681. The van der Waals surface area contributed by atoms with Gasteiger partial charge in [0.15, 0.2) is 0 Å². The zero-order valence-corrected chi connectivity index (χ0v) is 17.3. The Morgan fingerprint density at radius 3 is 1.32 bits per heavy atom. The second-order valence-electron chi connectivity index (χ2n) is 6.99. The number of ether oxygens (including phenoxy) is 3. The van der Waals surface area contributed by atoms with E-state index in [0.29, 0.717) is 0 Å². The first kappa shape index (κ1) is 23.9. The Bertz CT molecular complexity index is 715. The lowest BCUT2D eigenvalue weighted by atomic mass is 10.2. The molecule has 0 saturated heterocycles. The maximum atomic E-state index is 11.9. The molecule has 2 aliphatic rings. The molecule has 0 N–H and O–H groups in total. The Hall–Kier alpha value is -3.34. The molecule has 0 bridgehead atoms. The number of hydrogen-bond donors (Lipinski definition) is 0. The fourth-order valence-corrected chi connectivity index (χ4v) is 2.71. The third kappa shape index (κ3) is 6.85. The first-order chi connectivity index (χ1) is 14.7. The maximum Gasteiger partial charge on any atom is 0.310 e. The second-order valence-corrected chi connectivity index (χ2v) is 6.99. The predicted molar refractivity (Wildman–Crippen MR) is 103 cm³/mol. The van der Waals surface area contributed by atoms with Crippen LogP contribution in [0.15, 0.2) is 24.3 Å². The van der Waals surface area contributed by atoms with E-state index in [4.69, 9.17) is 14.2 Å². The lowest BCUT2D eigenvalue weighted by molar-refractivity contribution is -0.151. The summed E-state index contributed by atoms with van der Waals surface area (Å²) in [4.78, 5) is 71.7. The van der Waals surface area contributed by atoms with Gasteiger partial charge in [-0.15, -0.1) is 0 Å². The highest BCUT2D eigenvalue weighted by Gasteiger charge is 2.29. The number of rotatable bonds is 12. The lowest BCUT2D eigenvalue weighted by Gasteiger charge is -2.18. The molecule has 2 atom stereocenters. The second kappa shape index (κ2) is 11.2. The monoisotopic (exact) mass is 436 g/mol. The van der Waals surface area contributed by atoms with Crippen molar-refractivity contribution in [2.45, 2.75) is 13.8 Å². The van der Waals surface area contributed by atoms with Crippen LogP contribution in [0.3, 0.4) is 0 Å². The van der Waals surface area contributed by atoms with E-state index >= 15 is 0 Å². The Morgan fingerprint density at radius 1 is 0.677 bits per heavy atom. The molecule has 2 aliphatic heterocycles. The van der Waals surface area contributed by atoms with Crippen LogP contribution in [0, 0.1) is 11.8 Å². The molecule has 0 aromatic carbocycles. The number of hydrogen-bond acceptors (Lipinski definition) is 9. The third-order valence-electron chi connectivity index (χ3n) is 4.46. The number of carbonyl (C=O) groups excluding carboxylic acids is 6. The number of amides is 4. The van der Waals surface area contributed by atoms with E-state index in [2.05, 4.69) is 0 Å². The van der Waals surface area contributed by atoms with E-state index < -0.39 is 47.4 Å². The summed E-state index contributed by atoms with van der Waals surface area (Å²) >= 11 is 0. The molecule has 0 radical (unpaired) electrons. The van der Waals surface area contributed by atoms with Gasteiger partial charge in [0.2, 0.25) is 0 Å². The molecule has 0 aromatic rings. The molecule has 0 fully saturated rings. The molecule has 0 saturated carbocycles. The van der Waals surface area contributed by atoms with Gasteiger partial charge in [0, 0.05) is 37.4 Å². The van der Waals surface area contributed by atoms with Crippen LogP contribution in [0.25, 0.3) is 0 Å². The summed E-state index contributed by atoms with van der Waals surface area (Å²) in [5, 5.41) is 0. The van der Waals surface area contributed by atoms with Gasteiger partial charge in [-0.25, -0.2) is 0 Å². The zero-order valence-electron chi connectivity index (χ0n) is 17.3. The molecule has 168 valence electrons. The fraction of sp³-hybridized carbons (Fsp3) is 0.500. The van der Waals surface area contributed by atoms with Gasteiger partial charge < -0.3 is 14.2 Å². The Morgan fingerprint density at radius 2 is 1.00 bits per heavy atom. The van der Waals surface area contributed by atoms with Gasteiger partial charge in [0.05, 0.1) is 25.0 Å². The van der Waals surface area contributed by atoms with Gasteiger partial charge in [-0.05, 0) is 0 Å². The van der Waals surface area contributed by atoms with Gasteiger partial charge >= 0.3 is 11.9 Å². The highest BCUT2D eigenvalue weighted by Crippen LogP contribution is 2.10. The number of esters is 2. The highest BCUT2D eigenvalue weighted by molar-refractivity contribution is 6.13. The van der Waals surface area contributed by atoms with E-state index in [-0.39, 0.29) is 39.5 Å². The minimum absolute atomic E-state index is 0.0418. The maximum absolute atomic E-state index is 11.9. The smallest absolute Gasteiger partial charge is 0.310 e. The van der Waals surface area contributed by atoms with Crippen molar-refractivity contribution in [3.8, 4) is 0 Å². The summed E-state index contributed by atoms with van der Waals surface area (Å²) in [7, 11) is 0. The van der Waals surface area contributed by atoms with Gasteiger partial charge in [-0.3, -0.25) is 38.6 Å². The summed E-state index contributed by atoms with van der Waals surface area (Å²) in [6.07, 6.45) is 4.57. The fourth-order valence-electron chi connectivity index (χ4n) is 2.71. The van der Waals surface area contributed by atoms with Crippen molar-refractivity contribution in [2.24, 2.45) is 11.8 Å². The molecule has 0 spiro atoms. The first-order valence-electron chi connectivity index (χ1n) is 9.68. The van der Waals surface area contributed by atoms with Crippen LogP contribution in [0.4, 0.5) is 0 Å². The molecular weight excluding hydrogens is 412 g/mol. The Labute approximate surface area is 178 Å². The Kier molecular flexibility index (Phi) is 8.62. The van der Waals surface area contributed by atoms with E-state index in [0.717, 1.165) is 34.1 Å². The van der Waals surface area contributed by atoms with Crippen molar-refractivity contribution in [3.05, 3.63) is 24.3 Å². The van der Waals surface area contributed by atoms with Crippen molar-refractivity contribution >= 4 is 35.6 Å². The molecule has 0 aromatic heterocycles. The first-order valence-corrected chi connectivity index (χ1v) is 9.68. The average Bonchev–Trinajstić information content (AvgIpc) is 3.22. The predicted octanol–water partition coefficient (Wildman–Crippen LogP) is -0.788. The van der Waals surface area contributed by atoms with Crippen molar-refractivity contribution in [2.75, 3.05) is 39.5 Å². The molecule has 11 heteroatoms. The minimum Gasteiger partial charge on any atom is -0.463 e. The summed E-state index contributed by atoms with van der Waals surface area (Å²) in [5.41, 5.74) is 0.